The van der Waals surface area contributed by atoms with E-state index in [0.717, 1.165) is 25.8 Å². The van der Waals surface area contributed by atoms with Crippen LogP contribution in [0.4, 0.5) is 0 Å². The second-order valence-electron chi connectivity index (χ2n) is 3.67. The number of hydrogen-bond acceptors (Lipinski definition) is 1. The van der Waals surface area contributed by atoms with Gasteiger partial charge in [0.25, 0.3) is 0 Å². The van der Waals surface area contributed by atoms with E-state index in [1.54, 1.807) is 0 Å². The number of amides is 1. The molecule has 0 spiro atoms. The molecule has 0 aromatic heterocycles. The smallest absolute Gasteiger partial charge is 0.225 e. The highest BCUT2D eigenvalue weighted by molar-refractivity contribution is 5.82. The van der Waals surface area contributed by atoms with E-state index in [9.17, 15) is 4.79 Å². The summed E-state index contributed by atoms with van der Waals surface area (Å²) in [6, 6.07) is 0. The molecule has 0 atom stereocenters. The van der Waals surface area contributed by atoms with Crippen molar-refractivity contribution >= 4 is 5.91 Å². The zero-order valence-electron chi connectivity index (χ0n) is 7.44. The minimum Gasteiger partial charge on any atom is -0.356 e. The van der Waals surface area contributed by atoms with E-state index in [2.05, 4.69) is 19.2 Å². The molecule has 0 aromatic rings. The maximum atomic E-state index is 11.4. The number of carbonyl (C=O) groups excluding carboxylic acids is 1. The lowest BCUT2D eigenvalue weighted by molar-refractivity contribution is -0.134. The predicted molar refractivity (Wildman–Crippen MR) is 45.3 cm³/mol. The first kappa shape index (κ1) is 8.57. The van der Waals surface area contributed by atoms with E-state index in [-0.39, 0.29) is 11.3 Å². The zero-order valence-corrected chi connectivity index (χ0v) is 7.44. The Hall–Kier alpha value is -0.530. The summed E-state index contributed by atoms with van der Waals surface area (Å²) in [6.45, 7) is 4.96. The summed E-state index contributed by atoms with van der Waals surface area (Å²) in [7, 11) is 0. The molecule has 0 aliphatic heterocycles. The number of rotatable bonds is 3. The largest absolute Gasteiger partial charge is 0.356 e. The van der Waals surface area contributed by atoms with Crippen LogP contribution in [0.1, 0.15) is 39.5 Å². The van der Waals surface area contributed by atoms with Crippen molar-refractivity contribution in [2.24, 2.45) is 5.41 Å². The molecule has 1 saturated carbocycles. The first-order chi connectivity index (χ1) is 5.19. The second kappa shape index (κ2) is 3.24. The monoisotopic (exact) mass is 155 g/mol. The fourth-order valence-corrected chi connectivity index (χ4v) is 1.39. The third kappa shape index (κ3) is 1.73. The molecule has 1 N–H and O–H groups in total. The van der Waals surface area contributed by atoms with E-state index in [1.807, 2.05) is 0 Å². The van der Waals surface area contributed by atoms with E-state index < -0.39 is 0 Å². The van der Waals surface area contributed by atoms with Crippen molar-refractivity contribution in [3.8, 4) is 0 Å². The highest BCUT2D eigenvalue weighted by atomic mass is 16.2. The van der Waals surface area contributed by atoms with Crippen LogP contribution in [0, 0.1) is 5.41 Å². The number of nitrogens with one attached hydrogen (secondary N) is 1. The molecule has 0 radical (unpaired) electrons. The minimum atomic E-state index is -0.0187. The topological polar surface area (TPSA) is 29.1 Å². The standard InChI is InChI=1S/C9H17NO/c1-3-7-10-8(11)9(2)5-4-6-9/h3-7H2,1-2H3,(H,10,11). The lowest BCUT2D eigenvalue weighted by Crippen LogP contribution is -2.43. The van der Waals surface area contributed by atoms with Crippen LogP contribution in [0.15, 0.2) is 0 Å². The Kier molecular flexibility index (Phi) is 2.53. The first-order valence-electron chi connectivity index (χ1n) is 4.47. The Morgan fingerprint density at radius 1 is 1.55 bits per heavy atom. The third-order valence-electron chi connectivity index (χ3n) is 2.54. The molecule has 64 valence electrons. The van der Waals surface area contributed by atoms with Gasteiger partial charge in [-0.05, 0) is 19.3 Å². The fraction of sp³-hybridized carbons (Fsp3) is 0.889. The average Bonchev–Trinajstić information content (AvgIpc) is 1.95. The van der Waals surface area contributed by atoms with Crippen LogP contribution >= 0.6 is 0 Å². The van der Waals surface area contributed by atoms with Gasteiger partial charge in [-0.3, -0.25) is 4.79 Å². The van der Waals surface area contributed by atoms with Gasteiger partial charge in [-0.15, -0.1) is 0 Å². The van der Waals surface area contributed by atoms with Crippen molar-refractivity contribution in [3.63, 3.8) is 0 Å². The summed E-state index contributed by atoms with van der Waals surface area (Å²) in [6.07, 6.45) is 4.39. The van der Waals surface area contributed by atoms with Crippen LogP contribution < -0.4 is 5.32 Å². The fourth-order valence-electron chi connectivity index (χ4n) is 1.39. The molecule has 11 heavy (non-hydrogen) atoms. The molecule has 1 fully saturated rings. The van der Waals surface area contributed by atoms with E-state index >= 15 is 0 Å². The Morgan fingerprint density at radius 3 is 2.55 bits per heavy atom. The van der Waals surface area contributed by atoms with Gasteiger partial charge in [0.2, 0.25) is 5.91 Å². The van der Waals surface area contributed by atoms with Crippen LogP contribution in [-0.2, 0) is 4.79 Å². The van der Waals surface area contributed by atoms with Gasteiger partial charge in [-0.1, -0.05) is 20.3 Å². The highest BCUT2D eigenvalue weighted by Gasteiger charge is 2.38. The lowest BCUT2D eigenvalue weighted by atomic mass is 9.70. The van der Waals surface area contributed by atoms with Gasteiger partial charge in [0.05, 0.1) is 0 Å². The molecule has 0 heterocycles. The third-order valence-corrected chi connectivity index (χ3v) is 2.54. The molecule has 1 aliphatic carbocycles. The molecular formula is C9H17NO. The van der Waals surface area contributed by atoms with E-state index in [0.29, 0.717) is 0 Å². The van der Waals surface area contributed by atoms with Gasteiger partial charge in [-0.25, -0.2) is 0 Å². The van der Waals surface area contributed by atoms with Gasteiger partial charge < -0.3 is 5.32 Å². The first-order valence-corrected chi connectivity index (χ1v) is 4.47. The van der Waals surface area contributed by atoms with Crippen LogP contribution in [0.25, 0.3) is 0 Å². The van der Waals surface area contributed by atoms with E-state index in [1.165, 1.54) is 6.42 Å². The summed E-state index contributed by atoms with van der Waals surface area (Å²) in [5.74, 6) is 0.255. The van der Waals surface area contributed by atoms with Crippen molar-refractivity contribution in [3.05, 3.63) is 0 Å². The zero-order chi connectivity index (χ0) is 8.32. The van der Waals surface area contributed by atoms with E-state index in [4.69, 9.17) is 0 Å². The molecule has 0 aromatic carbocycles. The molecule has 0 unspecified atom stereocenters. The molecule has 1 aliphatic rings. The van der Waals surface area contributed by atoms with Gasteiger partial charge in [0.1, 0.15) is 0 Å². The minimum absolute atomic E-state index is 0.0187. The summed E-state index contributed by atoms with van der Waals surface area (Å²) < 4.78 is 0. The van der Waals surface area contributed by atoms with Crippen LogP contribution in [0.5, 0.6) is 0 Å². The van der Waals surface area contributed by atoms with Crippen molar-refractivity contribution in [1.82, 2.24) is 5.32 Å². The average molecular weight is 155 g/mol. The van der Waals surface area contributed by atoms with Gasteiger partial charge in [0.15, 0.2) is 0 Å². The van der Waals surface area contributed by atoms with Gasteiger partial charge >= 0.3 is 0 Å². The van der Waals surface area contributed by atoms with Crippen molar-refractivity contribution in [2.75, 3.05) is 6.54 Å². The molecule has 1 amide bonds. The Bertz CT molecular complexity index is 150. The number of hydrogen-bond donors (Lipinski definition) is 1. The highest BCUT2D eigenvalue weighted by Crippen LogP contribution is 2.40. The van der Waals surface area contributed by atoms with Crippen LogP contribution in [0.2, 0.25) is 0 Å². The Morgan fingerprint density at radius 2 is 2.18 bits per heavy atom. The van der Waals surface area contributed by atoms with Gasteiger partial charge in [0, 0.05) is 12.0 Å². The van der Waals surface area contributed by atoms with Crippen molar-refractivity contribution in [1.29, 1.82) is 0 Å². The lowest BCUT2D eigenvalue weighted by Gasteiger charge is -2.36. The maximum Gasteiger partial charge on any atom is 0.225 e. The summed E-state index contributed by atoms with van der Waals surface area (Å²) in [5.41, 5.74) is -0.0187. The molecule has 0 bridgehead atoms. The maximum absolute atomic E-state index is 11.4. The van der Waals surface area contributed by atoms with Crippen molar-refractivity contribution in [2.45, 2.75) is 39.5 Å². The SMILES string of the molecule is CCCNC(=O)C1(C)CCC1. The summed E-state index contributed by atoms with van der Waals surface area (Å²) in [5, 5.41) is 2.94. The molecular weight excluding hydrogens is 138 g/mol. The Balaban J connectivity index is 2.28. The normalized spacial score (nSPS) is 20.5. The Labute approximate surface area is 68.4 Å². The molecule has 1 rings (SSSR count). The predicted octanol–water partition coefficient (Wildman–Crippen LogP) is 1.70. The molecule has 2 heteroatoms. The second-order valence-corrected chi connectivity index (χ2v) is 3.67. The van der Waals surface area contributed by atoms with Crippen molar-refractivity contribution < 1.29 is 4.79 Å². The van der Waals surface area contributed by atoms with Crippen LogP contribution in [-0.4, -0.2) is 12.5 Å². The van der Waals surface area contributed by atoms with Gasteiger partial charge in [-0.2, -0.15) is 0 Å². The van der Waals surface area contributed by atoms with Crippen LogP contribution in [0.3, 0.4) is 0 Å². The summed E-state index contributed by atoms with van der Waals surface area (Å²) >= 11 is 0. The summed E-state index contributed by atoms with van der Waals surface area (Å²) in [4.78, 5) is 11.4. The molecule has 0 saturated heterocycles. The molecule has 2 nitrogen and oxygen atoms in total. The quantitative estimate of drug-likeness (QED) is 0.660. The number of carbonyl (C=O) groups is 1.